The fourth-order valence-corrected chi connectivity index (χ4v) is 11.1. The number of rotatable bonds is 33. The minimum absolute atomic E-state index is 0.0251. The number of aliphatic hydroxyl groups excluding tert-OH is 2. The smallest absolute Gasteiger partial charge is 0.309 e. The minimum Gasteiger partial charge on any atom is -0.790 e. The standard InChI is InChI=1S/C45H70N7O19P3/c1-43(2,42(58)59)19-9-6-5-7-11-29-13-15-30(16-14-29)12-8-10-20-45(21-22-45)32(53)17-23-47-33(54)18-24-48-40(57)37(56)44(3,4)26-68-74(65,66)71-73(63,64)67-25-31-36(70-72(60,61)62)35(55)41(69-31)52-28-51-34-38(46)49-27-50-39(34)52/h13-16,27-28,31,35-37,41,55-56H,5-12,17-26H2,1-4H3,(H,47,54)(H,48,57)(H,58,59)(H,63,64)(H,65,66)(H2,46,49,50)(H2,60,61,62)/p-4. The second-order valence-electron chi connectivity index (χ2n) is 20.1. The number of phosphoric acid groups is 3. The van der Waals surface area contributed by atoms with E-state index < -0.39 is 95.9 Å². The number of aromatic nitrogens is 4. The Morgan fingerprint density at radius 1 is 0.878 bits per heavy atom. The number of aryl methyl sites for hydroxylation is 2. The summed E-state index contributed by atoms with van der Waals surface area (Å²) < 4.78 is 61.0. The van der Waals surface area contributed by atoms with Gasteiger partial charge in [-0.2, -0.15) is 0 Å². The van der Waals surface area contributed by atoms with Crippen molar-refractivity contribution in [2.45, 2.75) is 148 Å². The third-order valence-electron chi connectivity index (χ3n) is 13.2. The number of hydrogen-bond acceptors (Lipinski definition) is 22. The molecule has 7 N–H and O–H groups in total. The molecule has 414 valence electrons. The van der Waals surface area contributed by atoms with Crippen molar-refractivity contribution < 1.29 is 90.4 Å². The number of carboxylic acid groups (broad SMARTS) is 1. The van der Waals surface area contributed by atoms with Gasteiger partial charge in [-0.05, 0) is 76.3 Å². The molecule has 26 nitrogen and oxygen atoms in total. The van der Waals surface area contributed by atoms with E-state index >= 15 is 0 Å². The van der Waals surface area contributed by atoms with Gasteiger partial charge in [-0.3, -0.25) is 32.9 Å². The Kier molecular flexibility index (Phi) is 21.2. The molecule has 5 rings (SSSR count). The Morgan fingerprint density at radius 2 is 1.49 bits per heavy atom. The van der Waals surface area contributed by atoms with Crippen LogP contribution in [0.5, 0.6) is 0 Å². The van der Waals surface area contributed by atoms with Gasteiger partial charge >= 0.3 is 5.97 Å². The first kappa shape index (κ1) is 60.8. The molecule has 0 radical (unpaired) electrons. The summed E-state index contributed by atoms with van der Waals surface area (Å²) >= 11 is 0. The van der Waals surface area contributed by atoms with Gasteiger partial charge in [0.2, 0.25) is 11.8 Å². The van der Waals surface area contributed by atoms with E-state index in [1.807, 2.05) is 0 Å². The van der Waals surface area contributed by atoms with Gasteiger partial charge in [0.25, 0.3) is 15.6 Å². The molecule has 2 fully saturated rings. The number of nitrogen functional groups attached to an aromatic ring is 1. The van der Waals surface area contributed by atoms with E-state index in [0.29, 0.717) is 6.42 Å². The fourth-order valence-electron chi connectivity index (χ4n) is 8.34. The summed E-state index contributed by atoms with van der Waals surface area (Å²) in [6.45, 7) is 3.50. The summed E-state index contributed by atoms with van der Waals surface area (Å²) in [5.41, 5.74) is 5.52. The molecule has 1 aliphatic heterocycles. The Bertz CT molecular complexity index is 2560. The second kappa shape index (κ2) is 25.8. The highest BCUT2D eigenvalue weighted by Crippen LogP contribution is 2.57. The summed E-state index contributed by atoms with van der Waals surface area (Å²) in [7, 11) is -17.7. The van der Waals surface area contributed by atoms with Gasteiger partial charge in [0.1, 0.15) is 42.0 Å². The van der Waals surface area contributed by atoms with Crippen molar-refractivity contribution in [1.82, 2.24) is 30.2 Å². The quantitative estimate of drug-likeness (QED) is 0.0373. The van der Waals surface area contributed by atoms with Crippen LogP contribution in [0.1, 0.15) is 122 Å². The summed E-state index contributed by atoms with van der Waals surface area (Å²) in [5.74, 6) is -2.25. The Labute approximate surface area is 428 Å². The number of aliphatic hydroxyl groups is 2. The molecule has 74 heavy (non-hydrogen) atoms. The number of hydrogen-bond donors (Lipinski definition) is 6. The molecule has 3 heterocycles. The Hall–Kier alpha value is -4.10. The molecule has 2 aromatic heterocycles. The number of amides is 2. The zero-order valence-electron chi connectivity index (χ0n) is 41.7. The largest absolute Gasteiger partial charge is 0.790 e. The molecule has 7 atom stereocenters. The van der Waals surface area contributed by atoms with Gasteiger partial charge in [0.15, 0.2) is 17.7 Å². The highest BCUT2D eigenvalue weighted by atomic mass is 31.3. The number of ether oxygens (including phenoxy) is 1. The fraction of sp³-hybridized carbons (Fsp3) is 0.667. The highest BCUT2D eigenvalue weighted by Gasteiger charge is 2.49. The van der Waals surface area contributed by atoms with Crippen molar-refractivity contribution >= 4 is 64.0 Å². The zero-order chi connectivity index (χ0) is 54.7. The van der Waals surface area contributed by atoms with Crippen molar-refractivity contribution in [3.05, 3.63) is 48.0 Å². The molecule has 1 saturated heterocycles. The molecule has 0 spiro atoms. The first-order chi connectivity index (χ1) is 34.5. The first-order valence-corrected chi connectivity index (χ1v) is 28.6. The number of phosphoric ester groups is 3. The maximum atomic E-state index is 13.1. The number of Topliss-reactive ketones (excluding diaryl/α,β-unsaturated/α-hetero) is 1. The van der Waals surface area contributed by atoms with E-state index in [-0.39, 0.29) is 54.1 Å². The minimum atomic E-state index is -5.94. The number of carbonyl (C=O) groups excluding carboxylic acids is 3. The summed E-state index contributed by atoms with van der Waals surface area (Å²) in [4.78, 5) is 110. The van der Waals surface area contributed by atoms with Gasteiger partial charge in [-0.15, -0.1) is 0 Å². The van der Waals surface area contributed by atoms with Crippen LogP contribution in [0, 0.1) is 16.2 Å². The van der Waals surface area contributed by atoms with Crippen LogP contribution >= 0.6 is 23.5 Å². The number of aliphatic carboxylic acids is 1. The SMILES string of the molecule is CC(C)(CCCCCCc1ccc(CCCCC2(C(=O)CCNC(=O)CCNC(=O)C(O)C(C)(C)COP(=O)([O-])OP(=O)([O-])OCC3OC(n4cnc5c(N)ncnc54)C(O)C3OP(=O)([O-])[O-])CC2)cc1)C(=O)O. The molecule has 7 unspecified atom stereocenters. The molecule has 1 saturated carbocycles. The number of fused-ring (bicyclic) bond motifs is 1. The lowest BCUT2D eigenvalue weighted by Crippen LogP contribution is -2.46. The summed E-state index contributed by atoms with van der Waals surface area (Å²) in [6, 6.07) is 8.60. The van der Waals surface area contributed by atoms with E-state index in [1.165, 1.54) is 25.0 Å². The Balaban J connectivity index is 0.951. The number of nitrogens with one attached hydrogen (secondary N) is 2. The number of ketones is 1. The van der Waals surface area contributed by atoms with Gasteiger partial charge in [0.05, 0.1) is 32.8 Å². The number of unbranched alkanes of at least 4 members (excludes halogenated alkanes) is 4. The second-order valence-corrected chi connectivity index (χ2v) is 24.1. The van der Waals surface area contributed by atoms with Gasteiger partial charge in [-0.25, -0.2) is 19.3 Å². The average molecular weight is 1100 g/mol. The number of nitrogens with zero attached hydrogens (tertiary/aromatic N) is 4. The Morgan fingerprint density at radius 3 is 2.11 bits per heavy atom. The number of benzene rings is 1. The van der Waals surface area contributed by atoms with Crippen LogP contribution in [0.25, 0.3) is 11.2 Å². The van der Waals surface area contributed by atoms with Crippen molar-refractivity contribution in [2.24, 2.45) is 16.2 Å². The van der Waals surface area contributed by atoms with Crippen LogP contribution in [-0.2, 0) is 68.3 Å². The third-order valence-corrected chi connectivity index (χ3v) is 16.2. The molecule has 29 heteroatoms. The van der Waals surface area contributed by atoms with Crippen molar-refractivity contribution in [3.8, 4) is 0 Å². The number of carbonyl (C=O) groups is 4. The first-order valence-electron chi connectivity index (χ1n) is 24.2. The molecule has 2 aliphatic rings. The van der Waals surface area contributed by atoms with Crippen molar-refractivity contribution in [2.75, 3.05) is 32.0 Å². The maximum Gasteiger partial charge on any atom is 0.309 e. The van der Waals surface area contributed by atoms with E-state index in [1.54, 1.807) is 13.8 Å². The van der Waals surface area contributed by atoms with Crippen molar-refractivity contribution in [3.63, 3.8) is 0 Å². The lowest BCUT2D eigenvalue weighted by Gasteiger charge is -2.36. The predicted molar refractivity (Wildman–Crippen MR) is 254 cm³/mol. The normalized spacial score (nSPS) is 20.9. The zero-order valence-corrected chi connectivity index (χ0v) is 44.3. The lowest BCUT2D eigenvalue weighted by atomic mass is 9.87. The van der Waals surface area contributed by atoms with Crippen LogP contribution < -0.4 is 35.9 Å². The topological polar surface area (TPSA) is 412 Å². The van der Waals surface area contributed by atoms with Crippen LogP contribution in [0.3, 0.4) is 0 Å². The van der Waals surface area contributed by atoms with Crippen LogP contribution in [0.15, 0.2) is 36.9 Å². The van der Waals surface area contributed by atoms with Gasteiger partial charge in [0, 0.05) is 36.8 Å². The van der Waals surface area contributed by atoms with Gasteiger partial charge < -0.3 is 74.1 Å². The monoisotopic (exact) mass is 1100 g/mol. The third kappa shape index (κ3) is 18.0. The number of imidazole rings is 1. The maximum absolute atomic E-state index is 13.1. The van der Waals surface area contributed by atoms with E-state index in [4.69, 9.17) is 10.5 Å². The molecular weight excluding hydrogens is 1040 g/mol. The molecule has 3 aromatic rings. The van der Waals surface area contributed by atoms with E-state index in [9.17, 15) is 67.8 Å². The number of nitrogens with two attached hydrogens (primary N) is 1. The van der Waals surface area contributed by atoms with Crippen molar-refractivity contribution in [1.29, 1.82) is 0 Å². The van der Waals surface area contributed by atoms with Crippen LogP contribution in [0.4, 0.5) is 5.82 Å². The molecule has 1 aliphatic carbocycles. The molecule has 0 bridgehead atoms. The average Bonchev–Trinajstić information content (AvgIpc) is 3.89. The predicted octanol–water partition coefficient (Wildman–Crippen LogP) is 1.63. The highest BCUT2D eigenvalue weighted by molar-refractivity contribution is 7.59. The van der Waals surface area contributed by atoms with Crippen LogP contribution in [-0.4, -0.2) is 109 Å². The molecule has 1 aromatic carbocycles. The molecule has 2 amide bonds. The summed E-state index contributed by atoms with van der Waals surface area (Å²) in [5, 5.41) is 35.8. The van der Waals surface area contributed by atoms with E-state index in [2.05, 4.69) is 67.7 Å². The summed E-state index contributed by atoms with van der Waals surface area (Å²) in [6.07, 6.45) is 3.26. The lowest BCUT2D eigenvalue weighted by molar-refractivity contribution is -0.347. The number of anilines is 1. The number of carboxylic acids is 1. The van der Waals surface area contributed by atoms with Crippen LogP contribution in [0.2, 0.25) is 0 Å². The van der Waals surface area contributed by atoms with Gasteiger partial charge in [-0.1, -0.05) is 63.8 Å². The van der Waals surface area contributed by atoms with E-state index in [0.717, 1.165) is 87.9 Å². The molecular formula is C45H66N7O19P3-4.